The first kappa shape index (κ1) is 24.3. The molecule has 0 radical (unpaired) electrons. The Morgan fingerprint density at radius 3 is 1.90 bits per heavy atom. The van der Waals surface area contributed by atoms with Gasteiger partial charge in [0.2, 0.25) is 0 Å². The smallest absolute Gasteiger partial charge is 0.410 e. The van der Waals surface area contributed by atoms with E-state index in [1.807, 2.05) is 30.3 Å². The summed E-state index contributed by atoms with van der Waals surface area (Å²) in [4.78, 5) is 38.5. The Morgan fingerprint density at radius 1 is 0.871 bits per heavy atom. The SMILES string of the molecule is CC(C)(C)OC(=O)NC1CN(C(=O)OC(C)(C)C)CC1NC(=O)OCc1ccccc1. The van der Waals surface area contributed by atoms with Gasteiger partial charge in [0.25, 0.3) is 0 Å². The highest BCUT2D eigenvalue weighted by atomic mass is 16.6. The summed E-state index contributed by atoms with van der Waals surface area (Å²) in [5, 5.41) is 5.47. The number of nitrogens with zero attached hydrogens (tertiary/aromatic N) is 1. The second-order valence-corrected chi connectivity index (χ2v) is 9.45. The molecule has 1 aliphatic heterocycles. The molecule has 1 aromatic carbocycles. The van der Waals surface area contributed by atoms with E-state index in [0.717, 1.165) is 5.56 Å². The van der Waals surface area contributed by atoms with Crippen LogP contribution in [0.15, 0.2) is 30.3 Å². The summed E-state index contributed by atoms with van der Waals surface area (Å²) in [6, 6.07) is 8.15. The third-order valence-electron chi connectivity index (χ3n) is 4.19. The molecule has 3 amide bonds. The number of hydrogen-bond acceptors (Lipinski definition) is 6. The fraction of sp³-hybridized carbons (Fsp3) is 0.591. The first-order valence-corrected chi connectivity index (χ1v) is 10.3. The van der Waals surface area contributed by atoms with E-state index in [1.54, 1.807) is 41.5 Å². The normalized spacial score (nSPS) is 18.8. The van der Waals surface area contributed by atoms with Crippen molar-refractivity contribution in [2.75, 3.05) is 13.1 Å². The minimum Gasteiger partial charge on any atom is -0.445 e. The highest BCUT2D eigenvalue weighted by Crippen LogP contribution is 2.17. The molecule has 0 spiro atoms. The largest absolute Gasteiger partial charge is 0.445 e. The number of rotatable bonds is 4. The number of hydrogen-bond donors (Lipinski definition) is 2. The van der Waals surface area contributed by atoms with Crippen molar-refractivity contribution < 1.29 is 28.6 Å². The van der Waals surface area contributed by atoms with E-state index in [1.165, 1.54) is 4.90 Å². The maximum Gasteiger partial charge on any atom is 0.410 e. The minimum absolute atomic E-state index is 0.110. The molecule has 1 fully saturated rings. The van der Waals surface area contributed by atoms with Gasteiger partial charge in [0.1, 0.15) is 17.8 Å². The number of alkyl carbamates (subject to hydrolysis) is 2. The molecule has 172 valence electrons. The average molecular weight is 436 g/mol. The van der Waals surface area contributed by atoms with Gasteiger partial charge < -0.3 is 29.7 Å². The highest BCUT2D eigenvalue weighted by molar-refractivity contribution is 5.72. The number of likely N-dealkylation sites (tertiary alicyclic amines) is 1. The summed E-state index contributed by atoms with van der Waals surface area (Å²) in [6.07, 6.45) is -1.80. The van der Waals surface area contributed by atoms with E-state index in [2.05, 4.69) is 10.6 Å². The van der Waals surface area contributed by atoms with E-state index in [9.17, 15) is 14.4 Å². The van der Waals surface area contributed by atoms with Crippen LogP contribution in [0.1, 0.15) is 47.1 Å². The van der Waals surface area contributed by atoms with Gasteiger partial charge in [-0.05, 0) is 47.1 Å². The topological polar surface area (TPSA) is 106 Å². The second kappa shape index (κ2) is 9.89. The van der Waals surface area contributed by atoms with Gasteiger partial charge >= 0.3 is 18.3 Å². The molecule has 2 N–H and O–H groups in total. The molecule has 2 atom stereocenters. The Bertz CT molecular complexity index is 770. The number of benzene rings is 1. The fourth-order valence-corrected chi connectivity index (χ4v) is 2.95. The number of nitrogens with one attached hydrogen (secondary N) is 2. The Hall–Kier alpha value is -2.97. The molecule has 31 heavy (non-hydrogen) atoms. The molecular formula is C22H33N3O6. The van der Waals surface area contributed by atoms with Crippen molar-refractivity contribution in [1.82, 2.24) is 15.5 Å². The third-order valence-corrected chi connectivity index (χ3v) is 4.19. The van der Waals surface area contributed by atoms with E-state index in [4.69, 9.17) is 14.2 Å². The Balaban J connectivity index is 2.01. The lowest BCUT2D eigenvalue weighted by atomic mass is 10.2. The molecule has 2 rings (SSSR count). The van der Waals surface area contributed by atoms with Crippen LogP contribution in [0, 0.1) is 0 Å². The summed E-state index contributed by atoms with van der Waals surface area (Å²) < 4.78 is 16.0. The van der Waals surface area contributed by atoms with Crippen LogP contribution < -0.4 is 10.6 Å². The molecule has 0 bridgehead atoms. The Labute approximate surface area is 183 Å². The van der Waals surface area contributed by atoms with Gasteiger partial charge in [-0.3, -0.25) is 0 Å². The highest BCUT2D eigenvalue weighted by Gasteiger charge is 2.39. The molecule has 1 aromatic rings. The van der Waals surface area contributed by atoms with Crippen molar-refractivity contribution in [3.05, 3.63) is 35.9 Å². The lowest BCUT2D eigenvalue weighted by Gasteiger charge is -2.24. The molecule has 9 heteroatoms. The Morgan fingerprint density at radius 2 is 1.39 bits per heavy atom. The van der Waals surface area contributed by atoms with Crippen LogP contribution in [-0.4, -0.2) is 59.6 Å². The second-order valence-electron chi connectivity index (χ2n) is 9.45. The zero-order valence-corrected chi connectivity index (χ0v) is 19.1. The summed E-state index contributed by atoms with van der Waals surface area (Å²) in [5.41, 5.74) is -0.487. The van der Waals surface area contributed by atoms with Gasteiger partial charge in [-0.1, -0.05) is 30.3 Å². The van der Waals surface area contributed by atoms with Crippen molar-refractivity contribution in [3.63, 3.8) is 0 Å². The molecular weight excluding hydrogens is 402 g/mol. The monoisotopic (exact) mass is 435 g/mol. The van der Waals surface area contributed by atoms with Gasteiger partial charge in [0.05, 0.1) is 12.1 Å². The molecule has 0 aromatic heterocycles. The van der Waals surface area contributed by atoms with Crippen LogP contribution in [0.5, 0.6) is 0 Å². The standard InChI is InChI=1S/C22H33N3O6/c1-21(2,3)30-19(27)24-17-13-25(20(28)31-22(4,5)6)12-16(17)23-18(26)29-14-15-10-8-7-9-11-15/h7-11,16-17H,12-14H2,1-6H3,(H,23,26)(H,24,27). The van der Waals surface area contributed by atoms with E-state index < -0.39 is 41.6 Å². The molecule has 1 aliphatic rings. The third kappa shape index (κ3) is 8.74. The van der Waals surface area contributed by atoms with Crippen molar-refractivity contribution >= 4 is 18.3 Å². The fourth-order valence-electron chi connectivity index (χ4n) is 2.95. The van der Waals surface area contributed by atoms with E-state index in [-0.39, 0.29) is 19.7 Å². The first-order valence-electron chi connectivity index (χ1n) is 10.3. The van der Waals surface area contributed by atoms with Crippen LogP contribution in [0.2, 0.25) is 0 Å². The minimum atomic E-state index is -0.676. The molecule has 1 saturated heterocycles. The number of ether oxygens (including phenoxy) is 3. The summed E-state index contributed by atoms with van der Waals surface area (Å²) >= 11 is 0. The molecule has 1 heterocycles. The van der Waals surface area contributed by atoms with Gasteiger partial charge in [0, 0.05) is 13.1 Å². The molecule has 0 saturated carbocycles. The predicted molar refractivity (Wildman–Crippen MR) is 115 cm³/mol. The first-order chi connectivity index (χ1) is 14.3. The van der Waals surface area contributed by atoms with E-state index in [0.29, 0.717) is 0 Å². The van der Waals surface area contributed by atoms with Gasteiger partial charge in [-0.2, -0.15) is 0 Å². The number of carbonyl (C=O) groups is 3. The van der Waals surface area contributed by atoms with E-state index >= 15 is 0 Å². The summed E-state index contributed by atoms with van der Waals surface area (Å²) in [7, 11) is 0. The number of amides is 3. The zero-order valence-electron chi connectivity index (χ0n) is 19.1. The lowest BCUT2D eigenvalue weighted by Crippen LogP contribution is -2.51. The predicted octanol–water partition coefficient (Wildman–Crippen LogP) is 3.43. The quantitative estimate of drug-likeness (QED) is 0.702. The summed E-state index contributed by atoms with van der Waals surface area (Å²) in [6.45, 7) is 11.0. The number of carbonyl (C=O) groups excluding carboxylic acids is 3. The molecule has 9 nitrogen and oxygen atoms in total. The maximum atomic E-state index is 12.5. The van der Waals surface area contributed by atoms with Crippen molar-refractivity contribution in [1.29, 1.82) is 0 Å². The van der Waals surface area contributed by atoms with Crippen LogP contribution >= 0.6 is 0 Å². The van der Waals surface area contributed by atoms with Crippen LogP contribution in [-0.2, 0) is 20.8 Å². The Kier molecular flexibility index (Phi) is 7.75. The summed E-state index contributed by atoms with van der Waals surface area (Å²) in [5.74, 6) is 0. The molecule has 0 aliphatic carbocycles. The lowest BCUT2D eigenvalue weighted by molar-refractivity contribution is 0.0280. The van der Waals surface area contributed by atoms with Gasteiger partial charge in [-0.15, -0.1) is 0 Å². The van der Waals surface area contributed by atoms with Crippen LogP contribution in [0.25, 0.3) is 0 Å². The van der Waals surface area contributed by atoms with Crippen LogP contribution in [0.3, 0.4) is 0 Å². The zero-order chi connectivity index (χ0) is 23.2. The molecule has 2 unspecified atom stereocenters. The van der Waals surface area contributed by atoms with Gasteiger partial charge in [-0.25, -0.2) is 14.4 Å². The van der Waals surface area contributed by atoms with Crippen LogP contribution in [0.4, 0.5) is 14.4 Å². The van der Waals surface area contributed by atoms with Crippen molar-refractivity contribution in [3.8, 4) is 0 Å². The maximum absolute atomic E-state index is 12.5. The average Bonchev–Trinajstić information content (AvgIpc) is 3.00. The van der Waals surface area contributed by atoms with Crippen molar-refractivity contribution in [2.24, 2.45) is 0 Å². The van der Waals surface area contributed by atoms with Crippen molar-refractivity contribution in [2.45, 2.75) is 71.4 Å². The van der Waals surface area contributed by atoms with Gasteiger partial charge in [0.15, 0.2) is 0 Å².